The fourth-order valence-corrected chi connectivity index (χ4v) is 3.77. The molecule has 1 saturated heterocycles. The van der Waals surface area contributed by atoms with Crippen LogP contribution in [0.3, 0.4) is 0 Å². The van der Waals surface area contributed by atoms with Crippen LogP contribution in [0.2, 0.25) is 0 Å². The van der Waals surface area contributed by atoms with Crippen molar-refractivity contribution in [1.82, 2.24) is 10.2 Å². The van der Waals surface area contributed by atoms with Crippen molar-refractivity contribution in [2.45, 2.75) is 38.3 Å². The number of piperidine rings is 1. The lowest BCUT2D eigenvalue weighted by molar-refractivity contribution is 0.0925. The molecule has 1 aliphatic rings. The Labute approximate surface area is 134 Å². The van der Waals surface area contributed by atoms with Gasteiger partial charge in [0, 0.05) is 22.4 Å². The van der Waals surface area contributed by atoms with E-state index in [1.165, 1.54) is 24.6 Å². The standard InChI is InChI=1S/C17H23BrN2O/c1-12(20-8-4-3-5-15(20)11-19-2)17-10-13-9-14(18)6-7-16(13)21-17/h6-7,9-10,12,15,19H,3-5,8,11H2,1-2H3. The monoisotopic (exact) mass is 350 g/mol. The first-order valence-electron chi connectivity index (χ1n) is 7.78. The molecule has 21 heavy (non-hydrogen) atoms. The van der Waals surface area contributed by atoms with Gasteiger partial charge in [0.05, 0.1) is 6.04 Å². The quantitative estimate of drug-likeness (QED) is 0.889. The van der Waals surface area contributed by atoms with Crippen molar-refractivity contribution in [1.29, 1.82) is 0 Å². The Morgan fingerprint density at radius 1 is 1.38 bits per heavy atom. The molecule has 0 bridgehead atoms. The Bertz CT molecular complexity index is 608. The Kier molecular flexibility index (Phi) is 4.67. The van der Waals surface area contributed by atoms with Crippen LogP contribution >= 0.6 is 15.9 Å². The maximum absolute atomic E-state index is 6.08. The van der Waals surface area contributed by atoms with Crippen LogP contribution in [0.15, 0.2) is 33.2 Å². The lowest BCUT2D eigenvalue weighted by Gasteiger charge is -2.39. The number of likely N-dealkylation sites (N-methyl/N-ethyl adjacent to an activating group) is 1. The van der Waals surface area contributed by atoms with Crippen LogP contribution in [0.5, 0.6) is 0 Å². The lowest BCUT2D eigenvalue weighted by atomic mass is 9.99. The van der Waals surface area contributed by atoms with Crippen molar-refractivity contribution in [2.24, 2.45) is 0 Å². The van der Waals surface area contributed by atoms with Gasteiger partial charge in [0.15, 0.2) is 0 Å². The van der Waals surface area contributed by atoms with Crippen molar-refractivity contribution in [3.8, 4) is 0 Å². The summed E-state index contributed by atoms with van der Waals surface area (Å²) in [4.78, 5) is 2.59. The molecule has 0 amide bonds. The fraction of sp³-hybridized carbons (Fsp3) is 0.529. The van der Waals surface area contributed by atoms with Gasteiger partial charge < -0.3 is 9.73 Å². The molecule has 2 unspecified atom stereocenters. The zero-order valence-corrected chi connectivity index (χ0v) is 14.3. The molecule has 0 radical (unpaired) electrons. The molecule has 114 valence electrons. The van der Waals surface area contributed by atoms with Crippen LogP contribution in [-0.2, 0) is 0 Å². The Balaban J connectivity index is 1.85. The van der Waals surface area contributed by atoms with Gasteiger partial charge in [-0.25, -0.2) is 0 Å². The average molecular weight is 351 g/mol. The number of halogens is 1. The van der Waals surface area contributed by atoms with Crippen LogP contribution in [0.1, 0.15) is 38.0 Å². The second-order valence-electron chi connectivity index (χ2n) is 5.95. The maximum Gasteiger partial charge on any atom is 0.134 e. The van der Waals surface area contributed by atoms with E-state index >= 15 is 0 Å². The van der Waals surface area contributed by atoms with Gasteiger partial charge in [0.2, 0.25) is 0 Å². The Morgan fingerprint density at radius 2 is 2.24 bits per heavy atom. The number of nitrogens with zero attached hydrogens (tertiary/aromatic N) is 1. The first-order chi connectivity index (χ1) is 10.2. The second kappa shape index (κ2) is 6.51. The number of hydrogen-bond acceptors (Lipinski definition) is 3. The highest BCUT2D eigenvalue weighted by Crippen LogP contribution is 2.32. The van der Waals surface area contributed by atoms with Crippen molar-refractivity contribution in [3.63, 3.8) is 0 Å². The third-order valence-electron chi connectivity index (χ3n) is 4.52. The zero-order valence-electron chi connectivity index (χ0n) is 12.7. The van der Waals surface area contributed by atoms with Gasteiger partial charge in [-0.2, -0.15) is 0 Å². The SMILES string of the molecule is CNCC1CCCCN1C(C)c1cc2cc(Br)ccc2o1. The Morgan fingerprint density at radius 3 is 3.05 bits per heavy atom. The molecule has 1 aromatic carbocycles. The highest BCUT2D eigenvalue weighted by molar-refractivity contribution is 9.10. The van der Waals surface area contributed by atoms with Crippen molar-refractivity contribution >= 4 is 26.9 Å². The van der Waals surface area contributed by atoms with E-state index in [-0.39, 0.29) is 0 Å². The number of furan rings is 1. The summed E-state index contributed by atoms with van der Waals surface area (Å²) in [6, 6.07) is 9.32. The van der Waals surface area contributed by atoms with Crippen LogP contribution < -0.4 is 5.32 Å². The molecule has 1 aliphatic heterocycles. The number of fused-ring (bicyclic) bond motifs is 1. The zero-order chi connectivity index (χ0) is 14.8. The summed E-state index contributed by atoms with van der Waals surface area (Å²) in [6.45, 7) is 4.48. The van der Waals surface area contributed by atoms with E-state index in [1.54, 1.807) is 0 Å². The number of likely N-dealkylation sites (tertiary alicyclic amines) is 1. The minimum absolute atomic E-state index is 0.329. The van der Waals surface area contributed by atoms with E-state index in [0.29, 0.717) is 12.1 Å². The molecule has 2 heterocycles. The van der Waals surface area contributed by atoms with Gasteiger partial charge in [0.1, 0.15) is 11.3 Å². The average Bonchev–Trinajstić information content (AvgIpc) is 2.90. The molecule has 1 aromatic heterocycles. The number of hydrogen-bond donors (Lipinski definition) is 1. The van der Waals surface area contributed by atoms with Crippen molar-refractivity contribution in [2.75, 3.05) is 20.1 Å². The van der Waals surface area contributed by atoms with Crippen LogP contribution in [0.25, 0.3) is 11.0 Å². The normalized spacial score (nSPS) is 21.8. The van der Waals surface area contributed by atoms with E-state index in [9.17, 15) is 0 Å². The third kappa shape index (κ3) is 3.17. The smallest absolute Gasteiger partial charge is 0.134 e. The predicted octanol–water partition coefficient (Wildman–Crippen LogP) is 4.33. The third-order valence-corrected chi connectivity index (χ3v) is 5.01. The first-order valence-corrected chi connectivity index (χ1v) is 8.57. The summed E-state index contributed by atoms with van der Waals surface area (Å²) in [7, 11) is 2.04. The maximum atomic E-state index is 6.08. The van der Waals surface area contributed by atoms with E-state index < -0.39 is 0 Å². The lowest BCUT2D eigenvalue weighted by Crippen LogP contribution is -2.45. The summed E-state index contributed by atoms with van der Waals surface area (Å²) < 4.78 is 7.18. The van der Waals surface area contributed by atoms with Crippen molar-refractivity contribution < 1.29 is 4.42 Å². The Hall–Kier alpha value is -0.840. The van der Waals surface area contributed by atoms with Gasteiger partial charge in [-0.1, -0.05) is 22.4 Å². The number of rotatable bonds is 4. The number of benzene rings is 1. The minimum Gasteiger partial charge on any atom is -0.459 e. The van der Waals surface area contributed by atoms with Gasteiger partial charge in [-0.15, -0.1) is 0 Å². The summed E-state index contributed by atoms with van der Waals surface area (Å²) in [5, 5.41) is 4.50. The molecule has 1 N–H and O–H groups in total. The highest BCUT2D eigenvalue weighted by atomic mass is 79.9. The van der Waals surface area contributed by atoms with Crippen LogP contribution in [-0.4, -0.2) is 31.1 Å². The fourth-order valence-electron chi connectivity index (χ4n) is 3.39. The van der Waals surface area contributed by atoms with Gasteiger partial charge in [0.25, 0.3) is 0 Å². The first kappa shape index (κ1) is 15.1. The van der Waals surface area contributed by atoms with Gasteiger partial charge in [-0.05, 0) is 57.6 Å². The minimum atomic E-state index is 0.329. The van der Waals surface area contributed by atoms with Gasteiger partial charge >= 0.3 is 0 Å². The molecule has 0 aliphatic carbocycles. The molecule has 4 heteroatoms. The summed E-state index contributed by atoms with van der Waals surface area (Å²) in [5.74, 6) is 1.08. The molecule has 2 aromatic rings. The predicted molar refractivity (Wildman–Crippen MR) is 90.6 cm³/mol. The molecule has 3 rings (SSSR count). The molecule has 1 fully saturated rings. The van der Waals surface area contributed by atoms with Crippen LogP contribution in [0, 0.1) is 0 Å². The van der Waals surface area contributed by atoms with E-state index in [0.717, 1.165) is 28.9 Å². The molecule has 0 spiro atoms. The summed E-state index contributed by atoms with van der Waals surface area (Å²) >= 11 is 3.53. The van der Waals surface area contributed by atoms with Gasteiger partial charge in [-0.3, -0.25) is 4.90 Å². The van der Waals surface area contributed by atoms with E-state index in [4.69, 9.17) is 4.42 Å². The highest BCUT2D eigenvalue weighted by Gasteiger charge is 2.28. The topological polar surface area (TPSA) is 28.4 Å². The molecular weight excluding hydrogens is 328 g/mol. The second-order valence-corrected chi connectivity index (χ2v) is 6.87. The summed E-state index contributed by atoms with van der Waals surface area (Å²) in [6.07, 6.45) is 3.90. The van der Waals surface area contributed by atoms with Crippen LogP contribution in [0.4, 0.5) is 0 Å². The van der Waals surface area contributed by atoms with E-state index in [2.05, 4.69) is 45.2 Å². The van der Waals surface area contributed by atoms with Crippen molar-refractivity contribution in [3.05, 3.63) is 34.5 Å². The van der Waals surface area contributed by atoms with E-state index in [1.807, 2.05) is 19.2 Å². The largest absolute Gasteiger partial charge is 0.459 e. The molecule has 3 nitrogen and oxygen atoms in total. The molecular formula is C17H23BrN2O. The molecule has 2 atom stereocenters. The molecule has 0 saturated carbocycles. The summed E-state index contributed by atoms with van der Waals surface area (Å²) in [5.41, 5.74) is 0.974. The number of nitrogens with one attached hydrogen (secondary N) is 1.